The highest BCUT2D eigenvalue weighted by Gasteiger charge is 2.35. The van der Waals surface area contributed by atoms with Gasteiger partial charge < -0.3 is 90.3 Å². The predicted octanol–water partition coefficient (Wildman–Crippen LogP) is 11.8. The summed E-state index contributed by atoms with van der Waals surface area (Å²) in [5, 5.41) is 32.4. The Bertz CT molecular complexity index is 5730. The van der Waals surface area contributed by atoms with E-state index >= 15 is 0 Å². The van der Waals surface area contributed by atoms with E-state index in [0.717, 1.165) is 39.0 Å². The summed E-state index contributed by atoms with van der Waals surface area (Å²) in [6.07, 6.45) is -5.20. The van der Waals surface area contributed by atoms with Gasteiger partial charge in [0.1, 0.15) is 59.7 Å². The Morgan fingerprint density at radius 2 is 0.843 bits per heavy atom. The molecule has 42 nitrogen and oxygen atoms in total. The summed E-state index contributed by atoms with van der Waals surface area (Å²) >= 11 is 11.4. The van der Waals surface area contributed by atoms with Crippen LogP contribution in [0.2, 0.25) is 10.3 Å². The molecule has 0 aliphatic carbocycles. The molecule has 10 N–H and O–H groups in total. The van der Waals surface area contributed by atoms with Crippen LogP contribution in [0.3, 0.4) is 0 Å². The van der Waals surface area contributed by atoms with Crippen molar-refractivity contribution in [3.8, 4) is 0 Å². The third-order valence-corrected chi connectivity index (χ3v) is 19.7. The molecule has 11 aromatic heterocycles. The van der Waals surface area contributed by atoms with Crippen molar-refractivity contribution >= 4 is 133 Å². The van der Waals surface area contributed by atoms with Crippen molar-refractivity contribution in [1.29, 1.82) is 0 Å². The van der Waals surface area contributed by atoms with Crippen LogP contribution in [0.5, 0.6) is 0 Å². The van der Waals surface area contributed by atoms with E-state index in [1.807, 2.05) is 48.5 Å². The molecule has 0 spiro atoms. The lowest BCUT2D eigenvalue weighted by Crippen LogP contribution is -2.36. The number of carboxylic acid groups (broad SMARTS) is 1. The quantitative estimate of drug-likeness (QED) is 0.0115. The number of fused-ring (bicyclic) bond motifs is 4. The molecule has 0 bridgehead atoms. The number of carboxylic acids is 1. The van der Waals surface area contributed by atoms with E-state index in [1.165, 1.54) is 60.7 Å². The molecule has 4 fully saturated rings. The van der Waals surface area contributed by atoms with Gasteiger partial charge in [-0.25, -0.2) is 129 Å². The summed E-state index contributed by atoms with van der Waals surface area (Å²) in [7, 11) is 3.43. The van der Waals surface area contributed by atoms with Gasteiger partial charge in [-0.2, -0.15) is 27.8 Å². The highest BCUT2D eigenvalue weighted by Crippen LogP contribution is 2.33. The first-order valence-electron chi connectivity index (χ1n) is 41.5. The van der Waals surface area contributed by atoms with Crippen LogP contribution >= 0.6 is 23.2 Å². The number of amides is 3. The largest absolute Gasteiger partial charge is 0.476 e. The van der Waals surface area contributed by atoms with Crippen LogP contribution in [0.4, 0.5) is 91.2 Å². The number of aryl methyl sites for hydroxylation is 6. The van der Waals surface area contributed by atoms with Crippen molar-refractivity contribution in [2.45, 2.75) is 202 Å². The highest BCUT2D eigenvalue weighted by atomic mass is 35.5. The standard InChI is InChI=1S/C17H20F2N8O.C17H24F2N6O2.C12H16F2N6.C9H18N2O2.C8H7ClF2N4.C6H9ClN4.C5H6N2O2.C4H2F4O3/c1-3-27-15-12(23-16(27)13(18)19)14(20-9-21-15)22-10-4-7-26(8-10)17(28)11-5-6-25(2)24-11;1-5-25-14-11(23-15(25)12(18)19)13(20-9-21-14)22-10-6-7-24(8-10)16(26)27-17(2,3)4;1-2-20-11-8(19-12(20)9(13)14)10(16-6-17-11)18-7-3-4-15-5-7;1-9(2,3)13-8(12)11-5-4-7(10)6-11;1-2-15-7-4(5(9)12-3-13-7)14-8(15)6(10)11;1-2-9-6-4(8)5(7)10-3-11-6;1-7-3-2-4(6-7)5(8)9;5-1(6)3(9)11-4(10)2(7)8/h5-6,9-10,13H,3-4,7-8H2,1-2H3,(H,20,21,22);9-10,12H,5-8H2,1-4H3,(H,20,21,22);6-7,9,15H,2-5H2,1H3,(H,16,17,18);7H,4-6,10H2,1-3H3;3,6H,2H2,1H3;3H,2,8H2,1H3,(H,9,10,11);2-3H,1H3,(H,8,9);1-2H/t2*10-;2*7-;;;;/m0000..../s1. The van der Waals surface area contributed by atoms with Gasteiger partial charge in [0.05, 0.1) is 0 Å². The Hall–Kier alpha value is -13.0. The first kappa shape index (κ1) is 106. The second-order valence-electron chi connectivity index (χ2n) is 31.2. The van der Waals surface area contributed by atoms with Gasteiger partial charge in [0.2, 0.25) is 0 Å². The van der Waals surface area contributed by atoms with Crippen LogP contribution in [0.25, 0.3) is 44.7 Å². The van der Waals surface area contributed by atoms with Gasteiger partial charge in [-0.1, -0.05) is 23.2 Å². The number of anilines is 5. The van der Waals surface area contributed by atoms with Crippen LogP contribution in [-0.2, 0) is 64.1 Å². The van der Waals surface area contributed by atoms with Crippen LogP contribution in [0.1, 0.15) is 172 Å². The molecule has 134 heavy (non-hydrogen) atoms. The molecular formula is C78H102Cl2F12N32O10. The number of esters is 2. The zero-order valence-electron chi connectivity index (χ0n) is 74.7. The number of carbonyl (C=O) groups is 6. The minimum Gasteiger partial charge on any atom is -0.476 e. The van der Waals surface area contributed by atoms with Gasteiger partial charge >= 0.3 is 42.9 Å². The fourth-order valence-corrected chi connectivity index (χ4v) is 13.5. The SMILES string of the molecule is CC(C)(C)OC(=O)N1CC[C@H](N)C1.CCNc1ncnc(Cl)c1N.CCn1c(C(F)F)nc2c(Cl)ncnc21.CCn1c(C(F)F)nc2c(N[C@H]3CCN(C(=O)OC(C)(C)C)C3)ncnc21.CCn1c(C(F)F)nc2c(N[C@H]3CCN(C(=O)c4ccn(C)n4)C3)ncnc21.CCn1c(C(F)F)nc2c(N[C@H]3CCNC3)ncnc21.Cn1ccc(C(=O)O)n1.O=C(OC(=O)C(F)F)C(F)F. The number of hydrogen-bond donors (Lipinski definition) is 8. The van der Waals surface area contributed by atoms with E-state index in [9.17, 15) is 81.5 Å². The monoisotopic (exact) mass is 1940 g/mol. The molecule has 4 aliphatic heterocycles. The van der Waals surface area contributed by atoms with E-state index in [2.05, 4.69) is 111 Å². The van der Waals surface area contributed by atoms with Gasteiger partial charge in [-0.05, 0) is 121 Å². The number of nitrogens with one attached hydrogen (secondary N) is 5. The van der Waals surface area contributed by atoms with Gasteiger partial charge in [-0.3, -0.25) is 14.2 Å². The average molecular weight is 1950 g/mol. The molecule has 15 rings (SSSR count). The maximum absolute atomic E-state index is 13.3. The van der Waals surface area contributed by atoms with Crippen LogP contribution < -0.4 is 38.1 Å². The van der Waals surface area contributed by atoms with E-state index < -0.39 is 67.7 Å². The zero-order chi connectivity index (χ0) is 98.9. The number of alkyl halides is 12. The molecule has 0 saturated carbocycles. The van der Waals surface area contributed by atoms with Crippen molar-refractivity contribution in [3.63, 3.8) is 0 Å². The number of aromatic nitrogens is 22. The number of ether oxygens (including phenoxy) is 3. The molecule has 3 amide bonds. The van der Waals surface area contributed by atoms with Gasteiger partial charge in [0.25, 0.3) is 31.6 Å². The second-order valence-corrected chi connectivity index (χ2v) is 31.9. The molecule has 0 unspecified atom stereocenters. The van der Waals surface area contributed by atoms with Crippen LogP contribution in [0.15, 0.2) is 56.2 Å². The van der Waals surface area contributed by atoms with Crippen molar-refractivity contribution in [2.24, 2.45) is 19.8 Å². The van der Waals surface area contributed by atoms with Crippen molar-refractivity contribution in [3.05, 3.63) is 101 Å². The summed E-state index contributed by atoms with van der Waals surface area (Å²) in [6, 6.07) is 3.36. The Morgan fingerprint density at radius 1 is 0.485 bits per heavy atom. The maximum Gasteiger partial charge on any atom is 0.410 e. The Labute approximate surface area is 766 Å². The van der Waals surface area contributed by atoms with Crippen LogP contribution in [-0.4, -0.2) is 271 Å². The summed E-state index contributed by atoms with van der Waals surface area (Å²) in [4.78, 5) is 127. The number of nitrogens with two attached hydrogens (primary N) is 2. The van der Waals surface area contributed by atoms with Crippen molar-refractivity contribution in [2.75, 3.05) is 85.9 Å². The molecular weight excluding hydrogens is 1840 g/mol. The number of imidazole rings is 4. The lowest BCUT2D eigenvalue weighted by atomic mass is 10.2. The van der Waals surface area contributed by atoms with E-state index in [0.29, 0.717) is 146 Å². The van der Waals surface area contributed by atoms with Gasteiger partial charge in [0, 0.05) is 129 Å². The topological polar surface area (TPSA) is 508 Å². The number of rotatable bonds is 20. The molecule has 11 aromatic rings. The van der Waals surface area contributed by atoms with E-state index in [4.69, 9.17) is 49.2 Å². The summed E-state index contributed by atoms with van der Waals surface area (Å²) in [5.41, 5.74) is 13.9. The zero-order valence-corrected chi connectivity index (χ0v) is 76.3. The molecule has 0 radical (unpaired) electrons. The molecule has 4 saturated heterocycles. The molecule has 0 aromatic carbocycles. The van der Waals surface area contributed by atoms with Crippen molar-refractivity contribution < 1.29 is 101 Å². The van der Waals surface area contributed by atoms with E-state index in [-0.39, 0.29) is 87.1 Å². The lowest BCUT2D eigenvalue weighted by Gasteiger charge is -2.24. The summed E-state index contributed by atoms with van der Waals surface area (Å²) in [6.45, 7) is 27.4. The third kappa shape index (κ3) is 29.2. The number of carbonyl (C=O) groups excluding carboxylic acids is 5. The Balaban J connectivity index is 0.000000194. The molecule has 4 aliphatic rings. The maximum atomic E-state index is 13.3. The number of halogens is 14. The first-order chi connectivity index (χ1) is 63.3. The average Bonchev–Trinajstić information content (AvgIpc) is 1.66. The Morgan fingerprint density at radius 3 is 1.19 bits per heavy atom. The number of nitrogen functional groups attached to an aromatic ring is 1. The normalized spacial score (nSPS) is 15.8. The van der Waals surface area contributed by atoms with Gasteiger partial charge in [0.15, 0.2) is 102 Å². The second kappa shape index (κ2) is 48.6. The fourth-order valence-electron chi connectivity index (χ4n) is 13.2. The fraction of sp³-hybridized carbons (Fsp3) is 0.538. The smallest absolute Gasteiger partial charge is 0.410 e. The molecule has 56 heteroatoms. The number of hydrogen-bond acceptors (Lipinski definition) is 32. The van der Waals surface area contributed by atoms with Crippen molar-refractivity contribution in [1.82, 2.24) is 128 Å². The summed E-state index contributed by atoms with van der Waals surface area (Å²) < 4.78 is 171. The van der Waals surface area contributed by atoms with Gasteiger partial charge in [-0.15, -0.1) is 0 Å². The lowest BCUT2D eigenvalue weighted by molar-refractivity contribution is -0.174. The Kier molecular flexibility index (Phi) is 38.5. The first-order valence-corrected chi connectivity index (χ1v) is 42.2. The molecule has 15 heterocycles. The van der Waals surface area contributed by atoms with Crippen LogP contribution in [0, 0.1) is 0 Å². The summed E-state index contributed by atoms with van der Waals surface area (Å²) in [5.74, 6) is -4.97. The molecule has 4 atom stereocenters. The minimum absolute atomic E-state index is 0.0625. The highest BCUT2D eigenvalue weighted by molar-refractivity contribution is 6.33. The van der Waals surface area contributed by atoms with E-state index in [1.54, 1.807) is 79.6 Å². The predicted molar refractivity (Wildman–Crippen MR) is 464 cm³/mol. The number of likely N-dealkylation sites (tertiary alicyclic amines) is 3. The third-order valence-electron chi connectivity index (χ3n) is 19.1. The number of nitrogens with zero attached hydrogens (tertiary/aromatic N) is 25. The number of aromatic carboxylic acids is 1. The minimum atomic E-state index is -3.57. The molecule has 732 valence electrons.